The molecule has 1 amide bonds. The molecule has 0 fully saturated rings. The number of para-hydroxylation sites is 1. The normalized spacial score (nSPS) is 10.3. The predicted octanol–water partition coefficient (Wildman–Crippen LogP) is 2.56. The average Bonchev–Trinajstić information content (AvgIpc) is 2.81. The van der Waals surface area contributed by atoms with Crippen LogP contribution in [0.3, 0.4) is 0 Å². The molecular formula is C13H14FN3OS. The van der Waals surface area contributed by atoms with Crippen molar-refractivity contribution in [2.24, 2.45) is 0 Å². The summed E-state index contributed by atoms with van der Waals surface area (Å²) in [7, 11) is 1.59. The van der Waals surface area contributed by atoms with Crippen molar-refractivity contribution in [3.05, 3.63) is 45.7 Å². The third-order valence-corrected chi connectivity index (χ3v) is 3.70. The maximum Gasteiger partial charge on any atom is 0.253 e. The van der Waals surface area contributed by atoms with Crippen LogP contribution in [0.2, 0.25) is 0 Å². The van der Waals surface area contributed by atoms with Gasteiger partial charge in [-0.3, -0.25) is 4.79 Å². The quantitative estimate of drug-likeness (QED) is 0.904. The molecule has 0 aliphatic rings. The molecule has 2 N–H and O–H groups in total. The SMILES string of the molecule is CNc1c(F)cccc1C(=O)NCc1scnc1C. The Bertz CT molecular complexity index is 597. The zero-order chi connectivity index (χ0) is 13.8. The van der Waals surface area contributed by atoms with E-state index in [1.165, 1.54) is 23.5 Å². The molecule has 1 heterocycles. The van der Waals surface area contributed by atoms with Crippen molar-refractivity contribution in [1.82, 2.24) is 10.3 Å². The first kappa shape index (κ1) is 13.5. The zero-order valence-electron chi connectivity index (χ0n) is 10.7. The molecule has 4 nitrogen and oxygen atoms in total. The van der Waals surface area contributed by atoms with Gasteiger partial charge in [-0.2, -0.15) is 0 Å². The van der Waals surface area contributed by atoms with E-state index in [0.717, 1.165) is 10.6 Å². The number of rotatable bonds is 4. The first-order valence-corrected chi connectivity index (χ1v) is 6.65. The van der Waals surface area contributed by atoms with E-state index < -0.39 is 5.82 Å². The molecule has 6 heteroatoms. The Morgan fingerprint density at radius 1 is 1.47 bits per heavy atom. The van der Waals surface area contributed by atoms with Gasteiger partial charge in [0.05, 0.1) is 29.0 Å². The van der Waals surface area contributed by atoms with E-state index in [2.05, 4.69) is 15.6 Å². The molecule has 0 spiro atoms. The molecule has 0 atom stereocenters. The maximum absolute atomic E-state index is 13.5. The van der Waals surface area contributed by atoms with Gasteiger partial charge in [-0.1, -0.05) is 6.07 Å². The van der Waals surface area contributed by atoms with E-state index in [0.29, 0.717) is 12.1 Å². The maximum atomic E-state index is 13.5. The van der Waals surface area contributed by atoms with Crippen molar-refractivity contribution >= 4 is 22.9 Å². The average molecular weight is 279 g/mol. The molecule has 0 saturated carbocycles. The van der Waals surface area contributed by atoms with Crippen LogP contribution in [0.1, 0.15) is 20.9 Å². The monoisotopic (exact) mass is 279 g/mol. The van der Waals surface area contributed by atoms with Crippen molar-refractivity contribution in [2.45, 2.75) is 13.5 Å². The lowest BCUT2D eigenvalue weighted by Gasteiger charge is -2.10. The minimum Gasteiger partial charge on any atom is -0.385 e. The molecule has 0 radical (unpaired) electrons. The number of nitrogens with one attached hydrogen (secondary N) is 2. The van der Waals surface area contributed by atoms with E-state index in [4.69, 9.17) is 0 Å². The van der Waals surface area contributed by atoms with Gasteiger partial charge in [0, 0.05) is 11.9 Å². The fourth-order valence-electron chi connectivity index (χ4n) is 1.72. The largest absolute Gasteiger partial charge is 0.385 e. The number of aromatic nitrogens is 1. The van der Waals surface area contributed by atoms with E-state index in [1.807, 2.05) is 6.92 Å². The van der Waals surface area contributed by atoms with Crippen molar-refractivity contribution in [2.75, 3.05) is 12.4 Å². The molecule has 1 aromatic heterocycles. The molecule has 0 unspecified atom stereocenters. The van der Waals surface area contributed by atoms with Gasteiger partial charge in [-0.25, -0.2) is 9.37 Å². The van der Waals surface area contributed by atoms with Crippen LogP contribution in [0.15, 0.2) is 23.7 Å². The number of aryl methyl sites for hydroxylation is 1. The second kappa shape index (κ2) is 5.79. The summed E-state index contributed by atoms with van der Waals surface area (Å²) in [6, 6.07) is 4.42. The number of carbonyl (C=O) groups excluding carboxylic acids is 1. The van der Waals surface area contributed by atoms with Crippen LogP contribution >= 0.6 is 11.3 Å². The number of carbonyl (C=O) groups is 1. The Balaban J connectivity index is 2.12. The Kier molecular flexibility index (Phi) is 4.11. The second-order valence-electron chi connectivity index (χ2n) is 3.96. The van der Waals surface area contributed by atoms with E-state index in [-0.39, 0.29) is 11.6 Å². The van der Waals surface area contributed by atoms with Crippen LogP contribution in [0.4, 0.5) is 10.1 Å². The number of benzene rings is 1. The molecule has 0 aliphatic heterocycles. The van der Waals surface area contributed by atoms with Crippen molar-refractivity contribution in [3.8, 4) is 0 Å². The Hall–Kier alpha value is -1.95. The van der Waals surface area contributed by atoms with Gasteiger partial charge in [0.15, 0.2) is 0 Å². The Labute approximate surface area is 114 Å². The number of halogens is 1. The summed E-state index contributed by atoms with van der Waals surface area (Å²) in [6.45, 7) is 2.29. The van der Waals surface area contributed by atoms with Crippen LogP contribution in [-0.2, 0) is 6.54 Å². The lowest BCUT2D eigenvalue weighted by Crippen LogP contribution is -2.24. The van der Waals surface area contributed by atoms with Gasteiger partial charge < -0.3 is 10.6 Å². The van der Waals surface area contributed by atoms with E-state index in [1.54, 1.807) is 18.6 Å². The Morgan fingerprint density at radius 2 is 2.26 bits per heavy atom. The van der Waals surface area contributed by atoms with Crippen LogP contribution in [0.25, 0.3) is 0 Å². The van der Waals surface area contributed by atoms with E-state index >= 15 is 0 Å². The highest BCUT2D eigenvalue weighted by molar-refractivity contribution is 7.09. The minimum atomic E-state index is -0.441. The summed E-state index contributed by atoms with van der Waals surface area (Å²) in [4.78, 5) is 17.2. The second-order valence-corrected chi connectivity index (χ2v) is 4.90. The first-order valence-electron chi connectivity index (χ1n) is 5.77. The van der Waals surface area contributed by atoms with E-state index in [9.17, 15) is 9.18 Å². The smallest absolute Gasteiger partial charge is 0.253 e. The van der Waals surface area contributed by atoms with Crippen LogP contribution in [0, 0.1) is 12.7 Å². The number of hydrogen-bond acceptors (Lipinski definition) is 4. The van der Waals surface area contributed by atoms with Crippen LogP contribution in [0.5, 0.6) is 0 Å². The predicted molar refractivity (Wildman–Crippen MR) is 74.0 cm³/mol. The summed E-state index contributed by atoms with van der Waals surface area (Å²) in [5, 5.41) is 5.47. The molecule has 0 saturated heterocycles. The van der Waals surface area contributed by atoms with Gasteiger partial charge in [0.1, 0.15) is 5.82 Å². The standard InChI is InChI=1S/C13H14FN3OS/c1-8-11(19-7-17-8)6-16-13(18)9-4-3-5-10(14)12(9)15-2/h3-5,7,15H,6H2,1-2H3,(H,16,18). The van der Waals surface area contributed by atoms with Crippen molar-refractivity contribution < 1.29 is 9.18 Å². The molecule has 2 rings (SSSR count). The van der Waals surface area contributed by atoms with Gasteiger partial charge in [0.25, 0.3) is 5.91 Å². The molecule has 2 aromatic rings. The first-order chi connectivity index (χ1) is 9.13. The number of amides is 1. The molecule has 0 aliphatic carbocycles. The van der Waals surface area contributed by atoms with Gasteiger partial charge in [0.2, 0.25) is 0 Å². The number of nitrogens with zero attached hydrogens (tertiary/aromatic N) is 1. The summed E-state index contributed by atoms with van der Waals surface area (Å²) in [5.41, 5.74) is 3.14. The summed E-state index contributed by atoms with van der Waals surface area (Å²) in [5.74, 6) is -0.749. The lowest BCUT2D eigenvalue weighted by atomic mass is 10.1. The molecule has 19 heavy (non-hydrogen) atoms. The highest BCUT2D eigenvalue weighted by Gasteiger charge is 2.14. The fraction of sp³-hybridized carbons (Fsp3) is 0.231. The number of anilines is 1. The van der Waals surface area contributed by atoms with Gasteiger partial charge in [-0.15, -0.1) is 11.3 Å². The van der Waals surface area contributed by atoms with Gasteiger partial charge in [-0.05, 0) is 19.1 Å². The zero-order valence-corrected chi connectivity index (χ0v) is 11.5. The fourth-order valence-corrected chi connectivity index (χ4v) is 2.44. The third-order valence-electron chi connectivity index (χ3n) is 2.76. The van der Waals surface area contributed by atoms with Crippen LogP contribution < -0.4 is 10.6 Å². The lowest BCUT2D eigenvalue weighted by molar-refractivity contribution is 0.0951. The third kappa shape index (κ3) is 2.90. The molecule has 1 aromatic carbocycles. The summed E-state index contributed by atoms with van der Waals surface area (Å²) >= 11 is 1.48. The van der Waals surface area contributed by atoms with Crippen molar-refractivity contribution in [1.29, 1.82) is 0 Å². The highest BCUT2D eigenvalue weighted by Crippen LogP contribution is 2.19. The van der Waals surface area contributed by atoms with Crippen molar-refractivity contribution in [3.63, 3.8) is 0 Å². The molecular weight excluding hydrogens is 265 g/mol. The van der Waals surface area contributed by atoms with Gasteiger partial charge >= 0.3 is 0 Å². The number of hydrogen-bond donors (Lipinski definition) is 2. The molecule has 0 bridgehead atoms. The minimum absolute atomic E-state index is 0.209. The number of thiazole rings is 1. The summed E-state index contributed by atoms with van der Waals surface area (Å²) in [6.07, 6.45) is 0. The summed E-state index contributed by atoms with van der Waals surface area (Å²) < 4.78 is 13.5. The van der Waals surface area contributed by atoms with Crippen LogP contribution in [-0.4, -0.2) is 17.9 Å². The molecule has 100 valence electrons. The topological polar surface area (TPSA) is 54.0 Å². The Morgan fingerprint density at radius 3 is 2.89 bits per heavy atom. The highest BCUT2D eigenvalue weighted by atomic mass is 32.1.